The summed E-state index contributed by atoms with van der Waals surface area (Å²) in [6.07, 6.45) is 4.68. The molecule has 0 unspecified atom stereocenters. The van der Waals surface area contributed by atoms with Crippen molar-refractivity contribution in [3.05, 3.63) is 75.6 Å². The molecule has 0 bridgehead atoms. The van der Waals surface area contributed by atoms with Crippen molar-refractivity contribution < 1.29 is 19.4 Å². The number of carbonyl (C=O) groups is 1. The number of nitrogens with one attached hydrogen (secondary N) is 1. The Balaban J connectivity index is 1.18. The zero-order valence-corrected chi connectivity index (χ0v) is 21.1. The Morgan fingerprint density at radius 3 is 2.62 bits per heavy atom. The molecule has 0 atom stereocenters. The van der Waals surface area contributed by atoms with E-state index in [2.05, 4.69) is 22.3 Å². The monoisotopic (exact) mass is 503 g/mol. The first-order valence-corrected chi connectivity index (χ1v) is 12.9. The first-order valence-electron chi connectivity index (χ1n) is 12.9. The number of hydrogen-bond donors (Lipinski definition) is 2. The number of rotatable bonds is 8. The number of carboxylic acid groups (broad SMARTS) is 1. The van der Waals surface area contributed by atoms with E-state index in [9.17, 15) is 9.59 Å². The summed E-state index contributed by atoms with van der Waals surface area (Å²) in [7, 11) is 0. The Morgan fingerprint density at radius 1 is 1.05 bits per heavy atom. The lowest BCUT2D eigenvalue weighted by Gasteiger charge is -2.32. The van der Waals surface area contributed by atoms with Crippen LogP contribution in [0, 0.1) is 6.92 Å². The molecule has 0 aliphatic carbocycles. The van der Waals surface area contributed by atoms with E-state index in [-0.39, 0.29) is 5.56 Å². The molecule has 2 aromatic carbocycles. The summed E-state index contributed by atoms with van der Waals surface area (Å²) in [5.41, 5.74) is 3.61. The van der Waals surface area contributed by atoms with E-state index in [1.165, 1.54) is 17.7 Å². The van der Waals surface area contributed by atoms with Gasteiger partial charge in [-0.25, -0.2) is 4.79 Å². The molecule has 3 aromatic rings. The van der Waals surface area contributed by atoms with Gasteiger partial charge in [-0.1, -0.05) is 18.2 Å². The van der Waals surface area contributed by atoms with E-state index >= 15 is 0 Å². The van der Waals surface area contributed by atoms with Gasteiger partial charge in [0.2, 0.25) is 0 Å². The number of pyridine rings is 1. The van der Waals surface area contributed by atoms with Crippen molar-refractivity contribution in [1.82, 2.24) is 14.8 Å². The van der Waals surface area contributed by atoms with Crippen molar-refractivity contribution in [2.75, 3.05) is 32.8 Å². The number of ether oxygens (including phenoxy) is 2. The molecule has 2 aliphatic heterocycles. The van der Waals surface area contributed by atoms with Crippen molar-refractivity contribution in [2.45, 2.75) is 38.9 Å². The number of benzene rings is 2. The van der Waals surface area contributed by atoms with Crippen molar-refractivity contribution in [3.8, 4) is 11.5 Å². The van der Waals surface area contributed by atoms with Crippen molar-refractivity contribution in [3.63, 3.8) is 0 Å². The molecule has 8 heteroatoms. The van der Waals surface area contributed by atoms with Crippen LogP contribution in [0.2, 0.25) is 0 Å². The third-order valence-electron chi connectivity index (χ3n) is 7.13. The average Bonchev–Trinajstić information content (AvgIpc) is 2.90. The standard InChI is InChI=1S/C29H33N3O5/c1-20-2-5-24-22(4-7-29(34)35)18-28(33)32(25(24)16-20)13-12-31-10-8-23(9-11-31)30-19-21-3-6-26-27(17-21)37-15-14-36-26/h2-7,16-18,23,30H,8-15,19H2,1H3,(H,34,35)/b7-4+. The maximum Gasteiger partial charge on any atom is 0.328 e. The van der Waals surface area contributed by atoms with E-state index in [0.29, 0.717) is 31.4 Å². The number of hydrogen-bond acceptors (Lipinski definition) is 6. The number of nitrogens with zero attached hydrogens (tertiary/aromatic N) is 2. The highest BCUT2D eigenvalue weighted by atomic mass is 16.6. The molecule has 5 rings (SSSR count). The highest BCUT2D eigenvalue weighted by Crippen LogP contribution is 2.30. The number of piperidine rings is 1. The summed E-state index contributed by atoms with van der Waals surface area (Å²) in [5.74, 6) is 0.606. The Bertz CT molecular complexity index is 1370. The molecule has 2 N–H and O–H groups in total. The summed E-state index contributed by atoms with van der Waals surface area (Å²) >= 11 is 0. The number of likely N-dealkylation sites (tertiary alicyclic amines) is 1. The van der Waals surface area contributed by atoms with Gasteiger partial charge < -0.3 is 29.4 Å². The van der Waals surface area contributed by atoms with E-state index in [4.69, 9.17) is 14.6 Å². The minimum atomic E-state index is -1.03. The molecule has 3 heterocycles. The SMILES string of the molecule is Cc1ccc2c(/C=C/C(=O)O)cc(=O)n(CCN3CCC(NCc4ccc5c(c4)OCCO5)CC3)c2c1. The molecule has 1 aromatic heterocycles. The number of aromatic nitrogens is 1. The van der Waals surface area contributed by atoms with Crippen molar-refractivity contribution in [1.29, 1.82) is 0 Å². The highest BCUT2D eigenvalue weighted by molar-refractivity contribution is 5.93. The minimum absolute atomic E-state index is 0.112. The van der Waals surface area contributed by atoms with Gasteiger partial charge in [0, 0.05) is 43.2 Å². The van der Waals surface area contributed by atoms with Gasteiger partial charge in [0.15, 0.2) is 11.5 Å². The highest BCUT2D eigenvalue weighted by Gasteiger charge is 2.20. The third-order valence-corrected chi connectivity index (χ3v) is 7.13. The number of carboxylic acids is 1. The van der Waals surface area contributed by atoms with Gasteiger partial charge in [-0.2, -0.15) is 0 Å². The van der Waals surface area contributed by atoms with Gasteiger partial charge in [0.1, 0.15) is 13.2 Å². The number of aryl methyl sites for hydroxylation is 1. The van der Waals surface area contributed by atoms with E-state index in [1.807, 2.05) is 35.8 Å². The van der Waals surface area contributed by atoms with Crippen LogP contribution < -0.4 is 20.3 Å². The summed E-state index contributed by atoms with van der Waals surface area (Å²) in [6, 6.07) is 14.1. The second-order valence-corrected chi connectivity index (χ2v) is 9.76. The van der Waals surface area contributed by atoms with Gasteiger partial charge in [-0.15, -0.1) is 0 Å². The summed E-state index contributed by atoms with van der Waals surface area (Å²) < 4.78 is 13.1. The maximum atomic E-state index is 13.0. The summed E-state index contributed by atoms with van der Waals surface area (Å²) in [5, 5.41) is 13.6. The van der Waals surface area contributed by atoms with Gasteiger partial charge in [-0.3, -0.25) is 4.79 Å². The molecular weight excluding hydrogens is 470 g/mol. The fourth-order valence-electron chi connectivity index (χ4n) is 5.11. The van der Waals surface area contributed by atoms with Crippen LogP contribution in [0.1, 0.15) is 29.5 Å². The fraction of sp³-hybridized carbons (Fsp3) is 0.379. The first-order chi connectivity index (χ1) is 18.0. The van der Waals surface area contributed by atoms with Crippen LogP contribution in [0.4, 0.5) is 0 Å². The lowest BCUT2D eigenvalue weighted by molar-refractivity contribution is -0.131. The van der Waals surface area contributed by atoms with Gasteiger partial charge in [0.25, 0.3) is 5.56 Å². The average molecular weight is 504 g/mol. The predicted molar refractivity (Wildman–Crippen MR) is 143 cm³/mol. The Morgan fingerprint density at radius 2 is 1.84 bits per heavy atom. The van der Waals surface area contributed by atoms with Crippen LogP contribution >= 0.6 is 0 Å². The zero-order chi connectivity index (χ0) is 25.8. The van der Waals surface area contributed by atoms with Crippen LogP contribution in [0.25, 0.3) is 17.0 Å². The first kappa shape index (κ1) is 25.0. The summed E-state index contributed by atoms with van der Waals surface area (Å²) in [4.78, 5) is 26.4. The lowest BCUT2D eigenvalue weighted by atomic mass is 10.0. The lowest BCUT2D eigenvalue weighted by Crippen LogP contribution is -2.43. The third kappa shape index (κ3) is 6.03. The topological polar surface area (TPSA) is 93.0 Å². The maximum absolute atomic E-state index is 13.0. The molecule has 0 saturated carbocycles. The summed E-state index contributed by atoms with van der Waals surface area (Å²) in [6.45, 7) is 7.33. The smallest absolute Gasteiger partial charge is 0.328 e. The van der Waals surface area contributed by atoms with Crippen molar-refractivity contribution >= 4 is 22.9 Å². The Hall–Kier alpha value is -3.62. The quantitative estimate of drug-likeness (QED) is 0.455. The van der Waals surface area contributed by atoms with Gasteiger partial charge in [-0.05, 0) is 73.8 Å². The Kier molecular flexibility index (Phi) is 7.58. The molecule has 194 valence electrons. The van der Waals surface area contributed by atoms with Gasteiger partial charge in [0.05, 0.1) is 5.52 Å². The molecule has 0 radical (unpaired) electrons. The van der Waals surface area contributed by atoms with Crippen LogP contribution in [0.3, 0.4) is 0 Å². The zero-order valence-electron chi connectivity index (χ0n) is 21.1. The van der Waals surface area contributed by atoms with Crippen LogP contribution in [-0.2, 0) is 17.9 Å². The predicted octanol–water partition coefficient (Wildman–Crippen LogP) is 3.43. The minimum Gasteiger partial charge on any atom is -0.486 e. The molecular formula is C29H33N3O5. The molecule has 1 saturated heterocycles. The normalized spacial score (nSPS) is 16.5. The molecule has 0 spiro atoms. The second kappa shape index (κ2) is 11.2. The van der Waals surface area contributed by atoms with E-state index in [0.717, 1.165) is 73.1 Å². The largest absolute Gasteiger partial charge is 0.486 e. The number of fused-ring (bicyclic) bond motifs is 2. The molecule has 1 fully saturated rings. The second-order valence-electron chi connectivity index (χ2n) is 9.76. The van der Waals surface area contributed by atoms with Crippen LogP contribution in [0.5, 0.6) is 11.5 Å². The molecule has 37 heavy (non-hydrogen) atoms. The Labute approximate surface area is 216 Å². The van der Waals surface area contributed by atoms with Gasteiger partial charge >= 0.3 is 5.97 Å². The fourth-order valence-corrected chi connectivity index (χ4v) is 5.11. The van der Waals surface area contributed by atoms with E-state index in [1.54, 1.807) is 0 Å². The van der Waals surface area contributed by atoms with Crippen molar-refractivity contribution in [2.24, 2.45) is 0 Å². The number of aliphatic carboxylic acids is 1. The molecule has 8 nitrogen and oxygen atoms in total. The van der Waals surface area contributed by atoms with Crippen LogP contribution in [-0.4, -0.2) is 59.4 Å². The van der Waals surface area contributed by atoms with Crippen LogP contribution in [0.15, 0.2) is 53.3 Å². The molecule has 2 aliphatic rings. The molecule has 0 amide bonds. The van der Waals surface area contributed by atoms with E-state index < -0.39 is 5.97 Å².